The average Bonchev–Trinajstić information content (AvgIpc) is 3.06. The molecule has 3 heteroatoms. The standard InChI is InChI=1S/C26H27NO2/c28-25-23-21(18-10-4-1-5-11-18)16-17-22(19-12-6-2-7-13-19)24(23)26(29)27(25)20-14-8-3-9-15-20/h1-2,4-7,10-13,16-17,20-24H,3,8-9,14-15H2/t21-,22-,23+,24+/m1/s1. The smallest absolute Gasteiger partial charge is 0.234 e. The van der Waals surface area contributed by atoms with Crippen LogP contribution in [0.2, 0.25) is 0 Å². The Balaban J connectivity index is 1.58. The molecule has 0 unspecified atom stereocenters. The van der Waals surface area contributed by atoms with E-state index in [0.29, 0.717) is 0 Å². The van der Waals surface area contributed by atoms with E-state index in [1.807, 2.05) is 36.4 Å². The van der Waals surface area contributed by atoms with Crippen LogP contribution in [0.4, 0.5) is 0 Å². The highest BCUT2D eigenvalue weighted by atomic mass is 16.2. The van der Waals surface area contributed by atoms with Crippen molar-refractivity contribution in [2.75, 3.05) is 0 Å². The Labute approximate surface area is 172 Å². The second-order valence-electron chi connectivity index (χ2n) is 8.65. The van der Waals surface area contributed by atoms with Crippen molar-refractivity contribution >= 4 is 11.8 Å². The molecule has 1 aliphatic heterocycles. The Morgan fingerprint density at radius 1 is 0.621 bits per heavy atom. The molecule has 4 atom stereocenters. The van der Waals surface area contributed by atoms with Crippen molar-refractivity contribution < 1.29 is 9.59 Å². The Kier molecular flexibility index (Phi) is 4.83. The molecule has 0 spiro atoms. The summed E-state index contributed by atoms with van der Waals surface area (Å²) in [5, 5.41) is 0. The van der Waals surface area contributed by atoms with Crippen molar-refractivity contribution in [3.05, 3.63) is 83.9 Å². The summed E-state index contributed by atoms with van der Waals surface area (Å²) in [4.78, 5) is 29.0. The minimum absolute atomic E-state index is 0.0359. The molecule has 1 heterocycles. The van der Waals surface area contributed by atoms with Gasteiger partial charge in [-0.25, -0.2) is 0 Å². The second-order valence-corrected chi connectivity index (χ2v) is 8.65. The first kappa shape index (κ1) is 18.4. The van der Waals surface area contributed by atoms with Crippen LogP contribution in [-0.2, 0) is 9.59 Å². The number of rotatable bonds is 3. The highest BCUT2D eigenvalue weighted by Gasteiger charge is 2.56. The Hall–Kier alpha value is -2.68. The first-order valence-electron chi connectivity index (χ1n) is 10.9. The molecule has 3 nitrogen and oxygen atoms in total. The number of fused-ring (bicyclic) bond motifs is 1. The van der Waals surface area contributed by atoms with Crippen LogP contribution in [0.25, 0.3) is 0 Å². The fourth-order valence-corrected chi connectivity index (χ4v) is 5.66. The molecule has 0 radical (unpaired) electrons. The van der Waals surface area contributed by atoms with Crippen LogP contribution in [0, 0.1) is 11.8 Å². The quantitative estimate of drug-likeness (QED) is 0.547. The number of likely N-dealkylation sites (tertiary alicyclic amines) is 1. The van der Waals surface area contributed by atoms with Gasteiger partial charge in [0.15, 0.2) is 0 Å². The predicted molar refractivity (Wildman–Crippen MR) is 113 cm³/mol. The number of amides is 2. The number of nitrogens with zero attached hydrogens (tertiary/aromatic N) is 1. The first-order chi connectivity index (χ1) is 14.3. The molecule has 2 fully saturated rings. The number of benzene rings is 2. The number of carbonyl (C=O) groups excluding carboxylic acids is 2. The Morgan fingerprint density at radius 3 is 1.52 bits per heavy atom. The molecular weight excluding hydrogens is 358 g/mol. The zero-order chi connectivity index (χ0) is 19.8. The topological polar surface area (TPSA) is 37.4 Å². The van der Waals surface area contributed by atoms with Gasteiger partial charge in [-0.2, -0.15) is 0 Å². The maximum atomic E-state index is 13.7. The molecule has 3 aliphatic rings. The zero-order valence-corrected chi connectivity index (χ0v) is 16.6. The van der Waals surface area contributed by atoms with E-state index < -0.39 is 0 Å². The summed E-state index contributed by atoms with van der Waals surface area (Å²) in [7, 11) is 0. The maximum absolute atomic E-state index is 13.7. The van der Waals surface area contributed by atoms with Crippen molar-refractivity contribution in [1.82, 2.24) is 4.90 Å². The monoisotopic (exact) mass is 385 g/mol. The lowest BCUT2D eigenvalue weighted by molar-refractivity contribution is -0.143. The van der Waals surface area contributed by atoms with Crippen LogP contribution in [0.3, 0.4) is 0 Å². The molecule has 0 bridgehead atoms. The van der Waals surface area contributed by atoms with Gasteiger partial charge in [-0.05, 0) is 24.0 Å². The number of imide groups is 1. The molecule has 29 heavy (non-hydrogen) atoms. The summed E-state index contributed by atoms with van der Waals surface area (Å²) in [6.45, 7) is 0. The molecule has 2 amide bonds. The van der Waals surface area contributed by atoms with Crippen molar-refractivity contribution in [3.8, 4) is 0 Å². The zero-order valence-electron chi connectivity index (χ0n) is 16.6. The van der Waals surface area contributed by atoms with Crippen molar-refractivity contribution in [1.29, 1.82) is 0 Å². The Bertz CT molecular complexity index is 847. The van der Waals surface area contributed by atoms with E-state index in [2.05, 4.69) is 36.4 Å². The molecule has 0 aromatic heterocycles. The van der Waals surface area contributed by atoms with Gasteiger partial charge in [-0.1, -0.05) is 92.1 Å². The number of hydrogen-bond donors (Lipinski definition) is 0. The number of allylic oxidation sites excluding steroid dienone is 2. The molecule has 5 rings (SSSR count). The van der Waals surface area contributed by atoms with Crippen LogP contribution in [0.15, 0.2) is 72.8 Å². The van der Waals surface area contributed by atoms with Gasteiger partial charge in [0.1, 0.15) is 0 Å². The summed E-state index contributed by atoms with van der Waals surface area (Å²) < 4.78 is 0. The number of carbonyl (C=O) groups is 2. The van der Waals surface area contributed by atoms with Gasteiger partial charge < -0.3 is 0 Å². The third-order valence-electron chi connectivity index (χ3n) is 7.04. The largest absolute Gasteiger partial charge is 0.279 e. The van der Waals surface area contributed by atoms with E-state index in [-0.39, 0.29) is 41.5 Å². The Morgan fingerprint density at radius 2 is 1.07 bits per heavy atom. The normalized spacial score (nSPS) is 29.9. The van der Waals surface area contributed by atoms with Gasteiger partial charge in [0.05, 0.1) is 11.8 Å². The van der Waals surface area contributed by atoms with Crippen molar-refractivity contribution in [2.45, 2.75) is 50.0 Å². The van der Waals surface area contributed by atoms with Gasteiger partial charge in [0.25, 0.3) is 0 Å². The molecule has 0 N–H and O–H groups in total. The second kappa shape index (κ2) is 7.62. The molecule has 2 aliphatic carbocycles. The van der Waals surface area contributed by atoms with Gasteiger partial charge in [0.2, 0.25) is 11.8 Å². The first-order valence-corrected chi connectivity index (χ1v) is 10.9. The van der Waals surface area contributed by atoms with Crippen molar-refractivity contribution in [3.63, 3.8) is 0 Å². The van der Waals surface area contributed by atoms with Gasteiger partial charge in [-0.3, -0.25) is 14.5 Å². The van der Waals surface area contributed by atoms with E-state index in [1.165, 1.54) is 6.42 Å². The molecule has 2 aromatic carbocycles. The SMILES string of the molecule is O=C1[C@@H]2[C@@H](C(=O)N1C1CCCCC1)[C@@H](c1ccccc1)C=C[C@@H]2c1ccccc1. The molecule has 1 saturated heterocycles. The summed E-state index contributed by atoms with van der Waals surface area (Å²) in [5.41, 5.74) is 2.24. The van der Waals surface area contributed by atoms with E-state index in [1.54, 1.807) is 4.90 Å². The van der Waals surface area contributed by atoms with E-state index in [9.17, 15) is 9.59 Å². The summed E-state index contributed by atoms with van der Waals surface area (Å²) in [6, 6.07) is 20.5. The van der Waals surface area contributed by atoms with Crippen LogP contribution < -0.4 is 0 Å². The summed E-state index contributed by atoms with van der Waals surface area (Å²) >= 11 is 0. The fraction of sp³-hybridized carbons (Fsp3) is 0.385. The minimum atomic E-state index is -0.304. The third-order valence-corrected chi connectivity index (χ3v) is 7.04. The van der Waals surface area contributed by atoms with E-state index in [4.69, 9.17) is 0 Å². The average molecular weight is 386 g/mol. The van der Waals surface area contributed by atoms with Crippen LogP contribution >= 0.6 is 0 Å². The van der Waals surface area contributed by atoms with Gasteiger partial charge >= 0.3 is 0 Å². The third kappa shape index (κ3) is 3.13. The lowest BCUT2D eigenvalue weighted by Crippen LogP contribution is -2.42. The van der Waals surface area contributed by atoms with E-state index >= 15 is 0 Å². The maximum Gasteiger partial charge on any atom is 0.234 e. The summed E-state index contributed by atoms with van der Waals surface area (Å²) in [6.07, 6.45) is 9.68. The fourth-order valence-electron chi connectivity index (χ4n) is 5.66. The lowest BCUT2D eigenvalue weighted by Gasteiger charge is -2.32. The predicted octanol–water partition coefficient (Wildman–Crippen LogP) is 5.06. The molecule has 2 aromatic rings. The van der Waals surface area contributed by atoms with Crippen LogP contribution in [0.1, 0.15) is 55.1 Å². The molecule has 1 saturated carbocycles. The summed E-state index contributed by atoms with van der Waals surface area (Å²) in [5.74, 6) is -0.585. The van der Waals surface area contributed by atoms with E-state index in [0.717, 1.165) is 36.8 Å². The lowest BCUT2D eigenvalue weighted by atomic mass is 9.68. The van der Waals surface area contributed by atoms with Crippen LogP contribution in [0.5, 0.6) is 0 Å². The van der Waals surface area contributed by atoms with Gasteiger partial charge in [0, 0.05) is 17.9 Å². The molecular formula is C26H27NO2. The van der Waals surface area contributed by atoms with Crippen molar-refractivity contribution in [2.24, 2.45) is 11.8 Å². The number of hydrogen-bond acceptors (Lipinski definition) is 2. The highest BCUT2D eigenvalue weighted by Crippen LogP contribution is 2.50. The highest BCUT2D eigenvalue weighted by molar-refractivity contribution is 6.07. The minimum Gasteiger partial charge on any atom is -0.279 e. The van der Waals surface area contributed by atoms with Crippen LogP contribution in [-0.4, -0.2) is 22.8 Å². The molecule has 148 valence electrons. The van der Waals surface area contributed by atoms with Gasteiger partial charge in [-0.15, -0.1) is 0 Å².